The minimum absolute atomic E-state index is 0.0532. The number of nitrogens with zero attached hydrogens (tertiary/aromatic N) is 2. The fraction of sp³-hybridized carbons (Fsp3) is 0.483. The number of nitrogens with one attached hydrogen (secondary N) is 10. The number of carbonyl (C=O) groups is 13. The van der Waals surface area contributed by atoms with Crippen LogP contribution in [-0.2, 0) is 81.6 Å². The van der Waals surface area contributed by atoms with Crippen LogP contribution in [0.1, 0.15) is 78.0 Å². The van der Waals surface area contributed by atoms with Gasteiger partial charge in [0.2, 0.25) is 76.8 Å². The van der Waals surface area contributed by atoms with Crippen LogP contribution in [0.4, 0.5) is 0 Å². The number of carbonyl (C=O) groups excluding carboxylic acids is 13. The van der Waals surface area contributed by atoms with Gasteiger partial charge in [-0.1, -0.05) is 119 Å². The predicted molar refractivity (Wildman–Crippen MR) is 317 cm³/mol. The van der Waals surface area contributed by atoms with Gasteiger partial charge < -0.3 is 73.8 Å². The molecule has 1 aliphatic heterocycles. The maximum Gasteiger partial charge on any atom is 0.246 e. The summed E-state index contributed by atoms with van der Waals surface area (Å²) in [6.07, 6.45) is -1.30. The van der Waals surface area contributed by atoms with Gasteiger partial charge >= 0.3 is 0 Å². The van der Waals surface area contributed by atoms with Crippen LogP contribution in [-0.4, -0.2) is 186 Å². The molecule has 472 valence electrons. The quantitative estimate of drug-likeness (QED) is 0.0647. The zero-order valence-corrected chi connectivity index (χ0v) is 50.5. The first kappa shape index (κ1) is 70.2. The average molecular weight is 1210 g/mol. The molecule has 1 heterocycles. The lowest BCUT2D eigenvalue weighted by atomic mass is 10.00. The van der Waals surface area contributed by atoms with Gasteiger partial charge in [0.15, 0.2) is 0 Å². The summed E-state index contributed by atoms with van der Waals surface area (Å²) >= 11 is 0. The van der Waals surface area contributed by atoms with Crippen LogP contribution < -0.4 is 58.9 Å². The van der Waals surface area contributed by atoms with Gasteiger partial charge in [-0.2, -0.15) is 0 Å². The van der Waals surface area contributed by atoms with E-state index in [1.54, 1.807) is 119 Å². The van der Waals surface area contributed by atoms with Crippen molar-refractivity contribution in [3.63, 3.8) is 0 Å². The number of nitrogens with two attached hydrogens (primary N) is 1. The summed E-state index contributed by atoms with van der Waals surface area (Å²) in [6.45, 7) is 8.55. The first-order valence-corrected chi connectivity index (χ1v) is 28.6. The van der Waals surface area contributed by atoms with E-state index in [1.165, 1.54) is 27.8 Å². The number of aliphatic hydroxyl groups is 1. The lowest BCUT2D eigenvalue weighted by molar-refractivity contribution is -0.144. The Labute approximate surface area is 505 Å². The number of hydrogen-bond acceptors (Lipinski definition) is 14. The number of rotatable bonds is 17. The monoisotopic (exact) mass is 1210 g/mol. The first-order valence-electron chi connectivity index (χ1n) is 28.6. The van der Waals surface area contributed by atoms with Crippen LogP contribution >= 0.6 is 0 Å². The van der Waals surface area contributed by atoms with E-state index in [0.29, 0.717) is 16.7 Å². The molecule has 10 atom stereocenters. The summed E-state index contributed by atoms with van der Waals surface area (Å²) in [5.41, 5.74) is 6.80. The molecule has 1 aliphatic rings. The summed E-state index contributed by atoms with van der Waals surface area (Å²) < 4.78 is 0. The minimum atomic E-state index is -1.90. The molecule has 87 heavy (non-hydrogen) atoms. The molecular weight excluding hydrogens is 1130 g/mol. The molecule has 0 bridgehead atoms. The van der Waals surface area contributed by atoms with E-state index >= 15 is 0 Å². The normalized spacial score (nSPS) is 22.7. The zero-order chi connectivity index (χ0) is 64.7. The van der Waals surface area contributed by atoms with Gasteiger partial charge in [0.25, 0.3) is 0 Å². The number of benzene rings is 3. The van der Waals surface area contributed by atoms with Crippen molar-refractivity contribution in [3.8, 4) is 0 Å². The Balaban J connectivity index is 1.85. The molecule has 0 aliphatic carbocycles. The fourth-order valence-corrected chi connectivity index (χ4v) is 9.19. The number of amides is 13. The Morgan fingerprint density at radius 3 is 1.62 bits per heavy atom. The molecule has 27 nitrogen and oxygen atoms in total. The maximum atomic E-state index is 14.8. The van der Waals surface area contributed by atoms with Crippen LogP contribution in [0.25, 0.3) is 0 Å². The molecule has 0 saturated carbocycles. The van der Waals surface area contributed by atoms with E-state index in [9.17, 15) is 67.4 Å². The van der Waals surface area contributed by atoms with Crippen LogP contribution in [0.15, 0.2) is 91.0 Å². The van der Waals surface area contributed by atoms with E-state index in [1.807, 2.05) is 0 Å². The average Bonchev–Trinajstić information content (AvgIpc) is 3.66. The molecule has 0 aromatic heterocycles. The van der Waals surface area contributed by atoms with Crippen molar-refractivity contribution in [2.75, 3.05) is 33.8 Å². The Morgan fingerprint density at radius 1 is 0.609 bits per heavy atom. The van der Waals surface area contributed by atoms with Crippen LogP contribution in [0.2, 0.25) is 0 Å². The highest BCUT2D eigenvalue weighted by Gasteiger charge is 2.38. The topological polar surface area (TPSA) is 395 Å². The molecule has 0 spiro atoms. The Bertz CT molecular complexity index is 2920. The first-order chi connectivity index (χ1) is 41.1. The number of aliphatic hydroxyl groups excluding tert-OH is 1. The van der Waals surface area contributed by atoms with E-state index < -0.39 is 169 Å². The van der Waals surface area contributed by atoms with E-state index in [0.717, 1.165) is 16.8 Å². The molecule has 3 aromatic rings. The third kappa shape index (κ3) is 22.3. The van der Waals surface area contributed by atoms with E-state index in [-0.39, 0.29) is 31.6 Å². The van der Waals surface area contributed by atoms with Crippen molar-refractivity contribution in [2.24, 2.45) is 17.6 Å². The second kappa shape index (κ2) is 34.0. The van der Waals surface area contributed by atoms with E-state index in [4.69, 9.17) is 5.73 Å². The lowest BCUT2D eigenvalue weighted by Gasteiger charge is -2.31. The smallest absolute Gasteiger partial charge is 0.246 e. The van der Waals surface area contributed by atoms with Crippen molar-refractivity contribution >= 4 is 76.8 Å². The SMILES string of the molecule is CC(C)C[C@@H]1NC(=O)CNC(=O)[C@H](Cc2ccccc2)N(C)C(=O)[C@H](C)NC(=O)[C@H](Cc2ccccc2)NC(=O)C[C@@H](C(=O)N(C)C(C)C(=O)NC(CO)C(=O)NCC(N)=O)NC(=O)[C@H](Cc2ccccc2)NC(=O)[C@H](C(C)C)NC(=O)[C@H](C)NC1=O. The van der Waals surface area contributed by atoms with E-state index in [2.05, 4.69) is 53.2 Å². The van der Waals surface area contributed by atoms with Gasteiger partial charge in [0.05, 0.1) is 26.1 Å². The van der Waals surface area contributed by atoms with Crippen molar-refractivity contribution in [3.05, 3.63) is 108 Å². The fourth-order valence-electron chi connectivity index (χ4n) is 9.19. The highest BCUT2D eigenvalue weighted by molar-refractivity contribution is 6.00. The second-order valence-corrected chi connectivity index (χ2v) is 22.2. The van der Waals surface area contributed by atoms with Gasteiger partial charge in [-0.15, -0.1) is 0 Å². The molecule has 4 rings (SSSR count). The molecular formula is C60H83N13O14. The summed E-state index contributed by atoms with van der Waals surface area (Å²) in [5.74, 6) is -12.6. The van der Waals surface area contributed by atoms with Crippen molar-refractivity contribution < 1.29 is 67.4 Å². The van der Waals surface area contributed by atoms with Gasteiger partial charge in [0.1, 0.15) is 60.4 Å². The zero-order valence-electron chi connectivity index (χ0n) is 50.5. The molecule has 13 N–H and O–H groups in total. The molecule has 3 aromatic carbocycles. The molecule has 1 saturated heterocycles. The third-order valence-corrected chi connectivity index (χ3v) is 14.3. The van der Waals surface area contributed by atoms with Crippen molar-refractivity contribution in [1.82, 2.24) is 63.0 Å². The standard InChI is InChI=1S/C60H83N13O14/c1-33(2)25-41-54(81)64-35(5)51(78)71-50(34(3)4)58(85)68-43(27-39-21-15-11-16-22-39)56(83)69-44(60(87)72(8)37(7)52(79)70-45(32-74)53(80)62-30-47(61)75)29-48(76)66-42(26-38-19-13-10-14-20-38)55(82)65-36(6)59(86)73(9)46(28-40-23-17-12-18-24-40)57(84)63-31-49(77)67-41/h10-24,33-37,41-46,50,74H,25-32H2,1-9H3,(H2,61,75)(H,62,80)(H,63,84)(H,64,81)(H,65,82)(H,66,76)(H,67,77)(H,68,85)(H,69,83)(H,70,79)(H,71,78)/t35-,36-,37?,41-,42-,43-,44-,45?,46-,50-/m0/s1. The molecule has 1 fully saturated rings. The van der Waals surface area contributed by atoms with Gasteiger partial charge in [-0.3, -0.25) is 62.3 Å². The number of hydrogen-bond donors (Lipinski definition) is 12. The van der Waals surface area contributed by atoms with Gasteiger partial charge in [-0.05, 0) is 55.7 Å². The molecule has 27 heteroatoms. The highest BCUT2D eigenvalue weighted by atomic mass is 16.3. The van der Waals surface area contributed by atoms with Crippen LogP contribution in [0, 0.1) is 11.8 Å². The number of primary amides is 1. The summed E-state index contributed by atoms with van der Waals surface area (Å²) in [7, 11) is 2.48. The van der Waals surface area contributed by atoms with Gasteiger partial charge in [0, 0.05) is 33.4 Å². The predicted octanol–water partition coefficient (Wildman–Crippen LogP) is -2.88. The van der Waals surface area contributed by atoms with Crippen molar-refractivity contribution in [1.29, 1.82) is 0 Å². The van der Waals surface area contributed by atoms with Gasteiger partial charge in [-0.25, -0.2) is 0 Å². The summed E-state index contributed by atoms with van der Waals surface area (Å²) in [6, 6.07) is 10.8. The second-order valence-electron chi connectivity index (χ2n) is 22.2. The summed E-state index contributed by atoms with van der Waals surface area (Å²) in [5, 5.41) is 35.3. The largest absolute Gasteiger partial charge is 0.394 e. The maximum absolute atomic E-state index is 14.8. The Kier molecular flexibility index (Phi) is 27.5. The van der Waals surface area contributed by atoms with Crippen LogP contribution in [0.5, 0.6) is 0 Å². The molecule has 0 radical (unpaired) electrons. The van der Waals surface area contributed by atoms with Crippen LogP contribution in [0.3, 0.4) is 0 Å². The minimum Gasteiger partial charge on any atom is -0.394 e. The lowest BCUT2D eigenvalue weighted by Crippen LogP contribution is -2.61. The Hall–Kier alpha value is -9.27. The molecule has 2 unspecified atom stereocenters. The summed E-state index contributed by atoms with van der Waals surface area (Å²) in [4.78, 5) is 183. The number of likely N-dealkylation sites (N-methyl/N-ethyl adjacent to an activating group) is 2. The molecule has 13 amide bonds. The van der Waals surface area contributed by atoms with Crippen molar-refractivity contribution in [2.45, 2.75) is 141 Å². The third-order valence-electron chi connectivity index (χ3n) is 14.3. The highest BCUT2D eigenvalue weighted by Crippen LogP contribution is 2.15. The Morgan fingerprint density at radius 2 is 1.10 bits per heavy atom.